The van der Waals surface area contributed by atoms with Crippen LogP contribution in [0.2, 0.25) is 0 Å². The highest BCUT2D eigenvalue weighted by atomic mass is 19.4. The lowest BCUT2D eigenvalue weighted by molar-refractivity contribution is -0.235. The molecule has 1 heterocycles. The minimum Gasteiger partial charge on any atom is -0.409 e. The lowest BCUT2D eigenvalue weighted by atomic mass is 9.74. The maximum absolute atomic E-state index is 15.5. The second-order valence-electron chi connectivity index (χ2n) is 7.07. The van der Waals surface area contributed by atoms with Crippen LogP contribution < -0.4 is 5.73 Å². The van der Waals surface area contributed by atoms with E-state index in [0.29, 0.717) is 10.9 Å². The third kappa shape index (κ3) is 3.03. The van der Waals surface area contributed by atoms with Gasteiger partial charge in [-0.15, -0.1) is 0 Å². The van der Waals surface area contributed by atoms with Crippen LogP contribution >= 0.6 is 0 Å². The van der Waals surface area contributed by atoms with Gasteiger partial charge in [0, 0.05) is 22.1 Å². The number of amidine groups is 1. The van der Waals surface area contributed by atoms with Crippen molar-refractivity contribution in [2.24, 2.45) is 10.9 Å². The Morgan fingerprint density at radius 3 is 2.41 bits per heavy atom. The highest BCUT2D eigenvalue weighted by Crippen LogP contribution is 2.55. The van der Waals surface area contributed by atoms with Gasteiger partial charge in [0.2, 0.25) is 0 Å². The number of nitrogens with zero attached hydrogens (tertiary/aromatic N) is 2. The molecule has 166 valence electrons. The average Bonchev–Trinajstić information content (AvgIpc) is 3.24. The van der Waals surface area contributed by atoms with Crippen molar-refractivity contribution in [2.75, 3.05) is 0 Å². The van der Waals surface area contributed by atoms with Crippen LogP contribution in [0.4, 0.5) is 26.3 Å². The monoisotopic (exact) mass is 452 g/mol. The van der Waals surface area contributed by atoms with E-state index in [1.54, 1.807) is 6.07 Å². The Bertz CT molecular complexity index is 1280. The van der Waals surface area contributed by atoms with Crippen molar-refractivity contribution in [1.82, 2.24) is 10.2 Å². The summed E-state index contributed by atoms with van der Waals surface area (Å²) in [6, 6.07) is 11.1. The summed E-state index contributed by atoms with van der Waals surface area (Å²) in [4.78, 5) is 0. The standard InChI is InChI=1S/C21H14F6N4O/c22-17-15(11-6-7-13-12(8-11)9-29-30-13)14(10-4-2-1-3-5-10)16(19(28)31-32)18(23)20(17,24)21(25,26)27/h1-9,18,32H,(H2,28,31)(H,29,30). The Balaban J connectivity index is 2.16. The first-order valence-electron chi connectivity index (χ1n) is 9.12. The van der Waals surface area contributed by atoms with Crippen molar-refractivity contribution in [1.29, 1.82) is 0 Å². The van der Waals surface area contributed by atoms with Crippen LogP contribution in [-0.2, 0) is 0 Å². The fraction of sp³-hybridized carbons (Fsp3) is 0.143. The van der Waals surface area contributed by atoms with Crippen molar-refractivity contribution in [3.05, 3.63) is 77.3 Å². The van der Waals surface area contributed by atoms with Gasteiger partial charge in [-0.05, 0) is 23.3 Å². The molecule has 0 aliphatic heterocycles. The van der Waals surface area contributed by atoms with E-state index in [1.807, 2.05) is 0 Å². The number of H-pyrrole nitrogens is 1. The van der Waals surface area contributed by atoms with E-state index < -0.39 is 46.4 Å². The summed E-state index contributed by atoms with van der Waals surface area (Å²) in [5.74, 6) is -3.48. The summed E-state index contributed by atoms with van der Waals surface area (Å²) in [7, 11) is 0. The number of halogens is 6. The Hall–Kier alpha value is -3.76. The van der Waals surface area contributed by atoms with Crippen molar-refractivity contribution in [3.8, 4) is 0 Å². The molecular weight excluding hydrogens is 438 g/mol. The molecule has 0 bridgehead atoms. The molecule has 0 spiro atoms. The summed E-state index contributed by atoms with van der Waals surface area (Å²) in [6.45, 7) is 0. The molecular formula is C21H14F6N4O. The zero-order valence-corrected chi connectivity index (χ0v) is 16.0. The number of hydrogen-bond donors (Lipinski definition) is 3. The molecule has 5 nitrogen and oxygen atoms in total. The molecule has 0 amide bonds. The minimum atomic E-state index is -5.98. The highest BCUT2D eigenvalue weighted by molar-refractivity contribution is 6.19. The van der Waals surface area contributed by atoms with Gasteiger partial charge in [-0.25, -0.2) is 13.2 Å². The molecule has 2 aromatic carbocycles. The number of nitrogens with one attached hydrogen (secondary N) is 1. The van der Waals surface area contributed by atoms with Gasteiger partial charge in [0.25, 0.3) is 5.67 Å². The largest absolute Gasteiger partial charge is 0.432 e. The van der Waals surface area contributed by atoms with Crippen molar-refractivity contribution in [3.63, 3.8) is 0 Å². The van der Waals surface area contributed by atoms with Crippen LogP contribution in [-0.4, -0.2) is 39.3 Å². The molecule has 2 unspecified atom stereocenters. The molecule has 2 atom stereocenters. The predicted octanol–water partition coefficient (Wildman–Crippen LogP) is 5.07. The van der Waals surface area contributed by atoms with Crippen LogP contribution in [0.3, 0.4) is 0 Å². The maximum atomic E-state index is 15.5. The Morgan fingerprint density at radius 1 is 1.09 bits per heavy atom. The third-order valence-corrected chi connectivity index (χ3v) is 5.25. The zero-order valence-electron chi connectivity index (χ0n) is 16.0. The molecule has 0 radical (unpaired) electrons. The molecule has 0 saturated carbocycles. The summed E-state index contributed by atoms with van der Waals surface area (Å²) in [5, 5.41) is 18.5. The quantitative estimate of drug-likeness (QED) is 0.171. The first-order valence-corrected chi connectivity index (χ1v) is 9.12. The van der Waals surface area contributed by atoms with Crippen molar-refractivity contribution in [2.45, 2.75) is 18.0 Å². The smallest absolute Gasteiger partial charge is 0.409 e. The predicted molar refractivity (Wildman–Crippen MR) is 106 cm³/mol. The van der Waals surface area contributed by atoms with E-state index in [9.17, 15) is 13.2 Å². The average molecular weight is 452 g/mol. The molecule has 32 heavy (non-hydrogen) atoms. The Kier molecular flexibility index (Phi) is 4.99. The number of aromatic nitrogens is 2. The van der Waals surface area contributed by atoms with Crippen molar-refractivity contribution < 1.29 is 31.5 Å². The molecule has 4 rings (SSSR count). The topological polar surface area (TPSA) is 87.3 Å². The molecule has 0 saturated heterocycles. The lowest BCUT2D eigenvalue weighted by Gasteiger charge is -2.37. The van der Waals surface area contributed by atoms with Crippen LogP contribution in [0, 0.1) is 0 Å². The molecule has 4 N–H and O–H groups in total. The zero-order chi connectivity index (χ0) is 23.3. The molecule has 1 aliphatic carbocycles. The first-order chi connectivity index (χ1) is 15.1. The lowest BCUT2D eigenvalue weighted by Crippen LogP contribution is -2.54. The van der Waals surface area contributed by atoms with Gasteiger partial charge >= 0.3 is 6.18 Å². The molecule has 1 aromatic heterocycles. The number of fused-ring (bicyclic) bond motifs is 1. The van der Waals surface area contributed by atoms with Gasteiger partial charge in [0.15, 0.2) is 17.8 Å². The number of hydrogen-bond acceptors (Lipinski definition) is 3. The molecule has 0 fully saturated rings. The first kappa shape index (κ1) is 21.5. The number of nitrogens with two attached hydrogens (primary N) is 1. The third-order valence-electron chi connectivity index (χ3n) is 5.25. The van der Waals surface area contributed by atoms with Crippen LogP contribution in [0.25, 0.3) is 22.0 Å². The van der Waals surface area contributed by atoms with E-state index in [-0.39, 0.29) is 11.1 Å². The van der Waals surface area contributed by atoms with Gasteiger partial charge < -0.3 is 10.9 Å². The summed E-state index contributed by atoms with van der Waals surface area (Å²) in [6.07, 6.45) is -8.28. The summed E-state index contributed by atoms with van der Waals surface area (Å²) >= 11 is 0. The number of rotatable bonds is 3. The van der Waals surface area contributed by atoms with Crippen molar-refractivity contribution >= 4 is 27.9 Å². The number of aromatic amines is 1. The summed E-state index contributed by atoms with van der Waals surface area (Å²) in [5.41, 5.74) is -1.68. The molecule has 11 heteroatoms. The van der Waals surface area contributed by atoms with E-state index in [1.165, 1.54) is 48.7 Å². The number of alkyl halides is 5. The minimum absolute atomic E-state index is 0.0402. The van der Waals surface area contributed by atoms with Gasteiger partial charge in [-0.2, -0.15) is 18.3 Å². The van der Waals surface area contributed by atoms with Gasteiger partial charge in [0.05, 0.1) is 11.7 Å². The SMILES string of the molecule is NC(=NO)C1=C(c2ccccc2)C(c2ccc3[nH]ncc3c2)=C(F)C(F)(C(F)(F)F)C1F. The Labute approximate surface area is 176 Å². The van der Waals surface area contributed by atoms with Crippen LogP contribution in [0.5, 0.6) is 0 Å². The molecule has 3 aromatic rings. The van der Waals surface area contributed by atoms with E-state index in [0.717, 1.165) is 0 Å². The van der Waals surface area contributed by atoms with Gasteiger partial charge in [0.1, 0.15) is 0 Å². The van der Waals surface area contributed by atoms with Crippen LogP contribution in [0.15, 0.2) is 71.3 Å². The van der Waals surface area contributed by atoms with Gasteiger partial charge in [-0.3, -0.25) is 5.10 Å². The fourth-order valence-electron chi connectivity index (χ4n) is 3.72. The summed E-state index contributed by atoms with van der Waals surface area (Å²) < 4.78 is 87.1. The molecule has 1 aliphatic rings. The Morgan fingerprint density at radius 2 is 1.78 bits per heavy atom. The number of benzene rings is 2. The van der Waals surface area contributed by atoms with Crippen LogP contribution in [0.1, 0.15) is 11.1 Å². The normalized spacial score (nSPS) is 22.7. The maximum Gasteiger partial charge on any atom is 0.432 e. The van der Waals surface area contributed by atoms with E-state index in [4.69, 9.17) is 10.9 Å². The second-order valence-corrected chi connectivity index (χ2v) is 7.07. The second kappa shape index (κ2) is 7.43. The van der Waals surface area contributed by atoms with Gasteiger partial charge in [-0.1, -0.05) is 41.6 Å². The highest BCUT2D eigenvalue weighted by Gasteiger charge is 2.69. The number of oxime groups is 1. The fourth-order valence-corrected chi connectivity index (χ4v) is 3.72. The number of allylic oxidation sites excluding steroid dienone is 3. The van der Waals surface area contributed by atoms with E-state index in [2.05, 4.69) is 15.4 Å². The van der Waals surface area contributed by atoms with E-state index >= 15 is 13.2 Å².